The Bertz CT molecular complexity index is 1200. The number of carbonyl (C=O) groups is 2. The van der Waals surface area contributed by atoms with Gasteiger partial charge in [0.1, 0.15) is 35.7 Å². The second kappa shape index (κ2) is 15.6. The van der Waals surface area contributed by atoms with E-state index >= 15 is 0 Å². The van der Waals surface area contributed by atoms with Crippen molar-refractivity contribution >= 4 is 17.6 Å². The fraction of sp³-hybridized carbons (Fsp3) is 0.500. The molecule has 2 aromatic rings. The van der Waals surface area contributed by atoms with Crippen LogP contribution in [0.5, 0.6) is 0 Å². The van der Waals surface area contributed by atoms with Crippen LogP contribution in [0, 0.1) is 5.92 Å². The predicted molar refractivity (Wildman–Crippen MR) is 132 cm³/mol. The largest absolute Gasteiger partial charge is 1.00 e. The standard InChI is InChI=1S/C24H31N7O7.Na/c1-14-18(11-20(24(36)37)38-23(14)22(35)19(33)13-32)31-12-17(28-30-31)15-7-4-5-8-16(15)27-21(34)9-3-2-6-10-26-29-25;/h4-5,7-8,11-12,14,18-19,22-23,32-33,35H,2-3,6,9-10,13H2,1H3,(H,27,34)(H,36,37);/q;+1/p-1/t14-,18+,19-,22-,23-;/m1./s1. The van der Waals surface area contributed by atoms with Gasteiger partial charge in [0.05, 0.1) is 24.5 Å². The Morgan fingerprint density at radius 1 is 1.28 bits per heavy atom. The predicted octanol–water partition coefficient (Wildman–Crippen LogP) is -2.32. The fourth-order valence-corrected chi connectivity index (χ4v) is 4.20. The maximum atomic E-state index is 12.5. The molecular weight excluding hydrogens is 521 g/mol. The summed E-state index contributed by atoms with van der Waals surface area (Å²) in [7, 11) is 0. The number of aliphatic hydroxyl groups excluding tert-OH is 3. The maximum absolute atomic E-state index is 12.5. The molecule has 0 spiro atoms. The number of aliphatic hydroxyl groups is 3. The molecule has 0 radical (unpaired) electrons. The van der Waals surface area contributed by atoms with Crippen molar-refractivity contribution in [2.45, 2.75) is 57.0 Å². The number of carbonyl (C=O) groups excluding carboxylic acids is 2. The number of benzene rings is 1. The first kappa shape index (κ1) is 32.2. The number of aromatic nitrogens is 3. The second-order valence-electron chi connectivity index (χ2n) is 8.93. The molecule has 14 nitrogen and oxygen atoms in total. The van der Waals surface area contributed by atoms with Crippen LogP contribution >= 0.6 is 0 Å². The summed E-state index contributed by atoms with van der Waals surface area (Å²) < 4.78 is 6.76. The van der Waals surface area contributed by atoms with Crippen molar-refractivity contribution in [2.75, 3.05) is 18.5 Å². The molecule has 1 aliphatic rings. The van der Waals surface area contributed by atoms with Crippen molar-refractivity contribution in [1.82, 2.24) is 15.0 Å². The van der Waals surface area contributed by atoms with Crippen LogP contribution in [0.2, 0.25) is 0 Å². The van der Waals surface area contributed by atoms with Gasteiger partial charge in [-0.2, -0.15) is 0 Å². The molecule has 0 unspecified atom stereocenters. The number of carboxylic acids is 1. The number of nitrogens with one attached hydrogen (secondary N) is 1. The van der Waals surface area contributed by atoms with E-state index in [1.54, 1.807) is 37.4 Å². The van der Waals surface area contributed by atoms with E-state index in [4.69, 9.17) is 10.3 Å². The monoisotopic (exact) mass is 551 g/mol. The fourth-order valence-electron chi connectivity index (χ4n) is 4.20. The average molecular weight is 552 g/mol. The molecule has 2 heterocycles. The molecule has 39 heavy (non-hydrogen) atoms. The summed E-state index contributed by atoms with van der Waals surface area (Å²) in [5, 5.41) is 55.7. The minimum Gasteiger partial charge on any atom is -0.542 e. The number of unbranched alkanes of at least 4 members (excludes halogenated alkanes) is 2. The molecule has 0 aliphatic carbocycles. The van der Waals surface area contributed by atoms with Crippen molar-refractivity contribution in [3.8, 4) is 11.3 Å². The van der Waals surface area contributed by atoms with Crippen molar-refractivity contribution < 1.29 is 64.3 Å². The minimum absolute atomic E-state index is 0. The van der Waals surface area contributed by atoms with E-state index in [1.807, 2.05) is 0 Å². The van der Waals surface area contributed by atoms with E-state index in [0.717, 1.165) is 6.42 Å². The molecule has 1 aromatic heterocycles. The minimum atomic E-state index is -1.61. The van der Waals surface area contributed by atoms with Gasteiger partial charge in [-0.3, -0.25) is 4.79 Å². The van der Waals surface area contributed by atoms with Gasteiger partial charge in [-0.1, -0.05) is 41.9 Å². The van der Waals surface area contributed by atoms with Crippen LogP contribution in [0.25, 0.3) is 21.7 Å². The number of nitrogens with zero attached hydrogens (tertiary/aromatic N) is 6. The van der Waals surface area contributed by atoms with Crippen molar-refractivity contribution in [3.63, 3.8) is 0 Å². The summed E-state index contributed by atoms with van der Waals surface area (Å²) in [6.07, 6.45) is 0.937. The first-order chi connectivity index (χ1) is 18.3. The van der Waals surface area contributed by atoms with Crippen molar-refractivity contribution in [1.29, 1.82) is 0 Å². The Hall–Kier alpha value is -2.97. The maximum Gasteiger partial charge on any atom is 1.00 e. The summed E-state index contributed by atoms with van der Waals surface area (Å²) in [6.45, 7) is 1.33. The van der Waals surface area contributed by atoms with Crippen molar-refractivity contribution in [3.05, 3.63) is 52.7 Å². The third kappa shape index (κ3) is 8.51. The van der Waals surface area contributed by atoms with Crippen LogP contribution in [0.4, 0.5) is 5.69 Å². The van der Waals surface area contributed by atoms with Gasteiger partial charge >= 0.3 is 29.6 Å². The summed E-state index contributed by atoms with van der Waals surface area (Å²) in [5.41, 5.74) is 9.82. The average Bonchev–Trinajstić information content (AvgIpc) is 3.40. The zero-order chi connectivity index (χ0) is 27.7. The van der Waals surface area contributed by atoms with Crippen LogP contribution in [0.1, 0.15) is 38.6 Å². The van der Waals surface area contributed by atoms with E-state index in [-0.39, 0.29) is 41.9 Å². The van der Waals surface area contributed by atoms with Gasteiger partial charge in [-0.05, 0) is 30.5 Å². The van der Waals surface area contributed by atoms with Gasteiger partial charge in [-0.25, -0.2) is 4.68 Å². The second-order valence-corrected chi connectivity index (χ2v) is 8.93. The Balaban J connectivity index is 0.00000533. The molecule has 1 aliphatic heterocycles. The first-order valence-corrected chi connectivity index (χ1v) is 12.2. The normalized spacial score (nSPS) is 19.9. The summed E-state index contributed by atoms with van der Waals surface area (Å²) in [6, 6.07) is 6.27. The molecule has 0 fully saturated rings. The third-order valence-corrected chi connectivity index (χ3v) is 6.28. The number of azide groups is 1. The van der Waals surface area contributed by atoms with Crippen molar-refractivity contribution in [2.24, 2.45) is 11.0 Å². The van der Waals surface area contributed by atoms with E-state index in [2.05, 4.69) is 25.7 Å². The van der Waals surface area contributed by atoms with Crippen LogP contribution in [0.15, 0.2) is 47.4 Å². The smallest absolute Gasteiger partial charge is 0.542 e. The zero-order valence-electron chi connectivity index (χ0n) is 21.8. The number of carboxylic acid groups (broad SMARTS) is 1. The summed E-state index contributed by atoms with van der Waals surface area (Å²) in [4.78, 5) is 26.7. The number of para-hydroxylation sites is 1. The van der Waals surface area contributed by atoms with E-state index in [1.165, 1.54) is 10.8 Å². The molecule has 0 saturated heterocycles. The zero-order valence-corrected chi connectivity index (χ0v) is 23.8. The van der Waals surface area contributed by atoms with Gasteiger partial charge in [0, 0.05) is 29.4 Å². The number of aliphatic carboxylic acids is 1. The molecule has 204 valence electrons. The molecule has 0 bridgehead atoms. The van der Waals surface area contributed by atoms with Gasteiger partial charge in [-0.15, -0.1) is 5.10 Å². The number of hydrogen-bond acceptors (Lipinski definition) is 10. The number of anilines is 1. The number of amides is 1. The SMILES string of the molecule is C[C@H]1[C@H]([C@H](O)[C@H](O)CO)OC(C(=O)[O-])=C[C@@H]1n1cc(-c2ccccc2NC(=O)CCCCCN=[N+]=[N-])nn1.[Na+]. The Morgan fingerprint density at radius 3 is 2.72 bits per heavy atom. The number of rotatable bonds is 13. The van der Waals surface area contributed by atoms with E-state index in [0.29, 0.717) is 36.3 Å². The molecular formula is C24H30N7NaO7. The molecule has 0 saturated carbocycles. The molecule has 3 rings (SSSR count). The van der Waals surface area contributed by atoms with Gasteiger partial charge in [0.25, 0.3) is 0 Å². The molecule has 1 amide bonds. The number of ether oxygens (including phenoxy) is 1. The molecule has 15 heteroatoms. The van der Waals surface area contributed by atoms with Gasteiger partial charge in [0.2, 0.25) is 5.91 Å². The van der Waals surface area contributed by atoms with Crippen LogP contribution in [-0.4, -0.2) is 73.7 Å². The van der Waals surface area contributed by atoms with Gasteiger partial charge in [0.15, 0.2) is 0 Å². The van der Waals surface area contributed by atoms with Crippen LogP contribution < -0.4 is 40.0 Å². The number of hydrogen-bond donors (Lipinski definition) is 4. The summed E-state index contributed by atoms with van der Waals surface area (Å²) >= 11 is 0. The Labute approximate surface area is 246 Å². The molecule has 5 atom stereocenters. The third-order valence-electron chi connectivity index (χ3n) is 6.28. The first-order valence-electron chi connectivity index (χ1n) is 12.2. The van der Waals surface area contributed by atoms with E-state index < -0.39 is 48.6 Å². The van der Waals surface area contributed by atoms with E-state index in [9.17, 15) is 30.0 Å². The molecule has 1 aromatic carbocycles. The summed E-state index contributed by atoms with van der Waals surface area (Å²) in [5.74, 6) is -2.92. The van der Waals surface area contributed by atoms with Crippen LogP contribution in [-0.2, 0) is 14.3 Å². The number of allylic oxidation sites excluding steroid dienone is 1. The Kier molecular flexibility index (Phi) is 12.9. The Morgan fingerprint density at radius 2 is 2.03 bits per heavy atom. The molecule has 4 N–H and O–H groups in total. The van der Waals surface area contributed by atoms with Crippen LogP contribution in [0.3, 0.4) is 0 Å². The topological polar surface area (TPSA) is 219 Å². The quantitative estimate of drug-likeness (QED) is 0.0689. The van der Waals surface area contributed by atoms with Gasteiger partial charge < -0.3 is 35.3 Å².